The van der Waals surface area contributed by atoms with Crippen molar-refractivity contribution in [3.63, 3.8) is 0 Å². The highest BCUT2D eigenvalue weighted by atomic mass is 32.2. The van der Waals surface area contributed by atoms with Gasteiger partial charge < -0.3 is 5.32 Å². The number of carbonyl (C=O) groups excluding carboxylic acids is 1. The second-order valence-electron chi connectivity index (χ2n) is 7.16. The van der Waals surface area contributed by atoms with E-state index in [4.69, 9.17) is 0 Å². The summed E-state index contributed by atoms with van der Waals surface area (Å²) in [6, 6.07) is 5.72. The number of benzene rings is 1. The Labute approximate surface area is 164 Å². The molecule has 1 aromatic heterocycles. The van der Waals surface area contributed by atoms with E-state index in [1.54, 1.807) is 6.07 Å². The number of hydrogen-bond acceptors (Lipinski definition) is 4. The van der Waals surface area contributed by atoms with Crippen LogP contribution in [-0.2, 0) is 14.8 Å². The third-order valence-corrected chi connectivity index (χ3v) is 6.57. The number of amides is 1. The molecule has 1 atom stereocenters. The van der Waals surface area contributed by atoms with E-state index in [-0.39, 0.29) is 0 Å². The minimum atomic E-state index is -4.16. The molecule has 1 saturated carbocycles. The van der Waals surface area contributed by atoms with E-state index in [0.29, 0.717) is 11.7 Å². The molecule has 3 rings (SSSR count). The van der Waals surface area contributed by atoms with Gasteiger partial charge in [0, 0.05) is 17.7 Å². The van der Waals surface area contributed by atoms with Gasteiger partial charge in [-0.25, -0.2) is 12.8 Å². The quantitative estimate of drug-likeness (QED) is 0.638. The maximum Gasteiger partial charge on any atom is 0.244 e. The van der Waals surface area contributed by atoms with E-state index in [0.717, 1.165) is 30.7 Å². The van der Waals surface area contributed by atoms with Crippen molar-refractivity contribution in [2.24, 2.45) is 0 Å². The van der Waals surface area contributed by atoms with Crippen LogP contribution >= 0.6 is 0 Å². The Hall–Kier alpha value is -2.26. The molecular weight excluding hydrogens is 383 g/mol. The molecule has 1 aromatic carbocycles. The minimum absolute atomic E-state index is 0.348. The molecule has 9 heteroatoms. The topological polar surface area (TPSA) is 104 Å². The van der Waals surface area contributed by atoms with Crippen molar-refractivity contribution in [2.75, 3.05) is 5.32 Å². The van der Waals surface area contributed by atoms with Gasteiger partial charge in [0.2, 0.25) is 15.9 Å². The first kappa shape index (κ1) is 20.5. The normalized spacial score (nSPS) is 17.1. The molecule has 7 nitrogen and oxygen atoms in total. The molecule has 0 radical (unpaired) electrons. The van der Waals surface area contributed by atoms with Gasteiger partial charge in [0.05, 0.1) is 6.04 Å². The maximum absolute atomic E-state index is 13.8. The third kappa shape index (κ3) is 4.96. The lowest BCUT2D eigenvalue weighted by atomic mass is 9.97. The van der Waals surface area contributed by atoms with Crippen LogP contribution in [0, 0.1) is 5.82 Å². The fourth-order valence-electron chi connectivity index (χ4n) is 3.45. The zero-order valence-corrected chi connectivity index (χ0v) is 16.6. The van der Waals surface area contributed by atoms with Crippen LogP contribution < -0.4 is 10.0 Å². The fraction of sp³-hybridized carbons (Fsp3) is 0.474. The highest BCUT2D eigenvalue weighted by Gasteiger charge is 2.25. The molecule has 1 amide bonds. The monoisotopic (exact) mass is 408 g/mol. The molecule has 3 N–H and O–H groups in total. The number of halogens is 1. The summed E-state index contributed by atoms with van der Waals surface area (Å²) in [5, 5.41) is 9.70. The third-order valence-electron chi connectivity index (χ3n) is 5.00. The summed E-state index contributed by atoms with van der Waals surface area (Å²) in [5.41, 5.74) is 0.983. The first-order valence-electron chi connectivity index (χ1n) is 9.50. The van der Waals surface area contributed by atoms with E-state index in [1.165, 1.54) is 44.7 Å². The van der Waals surface area contributed by atoms with Gasteiger partial charge in [0.25, 0.3) is 0 Å². The predicted molar refractivity (Wildman–Crippen MR) is 104 cm³/mol. The zero-order valence-electron chi connectivity index (χ0n) is 15.7. The predicted octanol–water partition coefficient (Wildman–Crippen LogP) is 3.29. The van der Waals surface area contributed by atoms with Crippen LogP contribution in [0.3, 0.4) is 0 Å². The molecule has 1 aliphatic carbocycles. The van der Waals surface area contributed by atoms with Gasteiger partial charge in [-0.1, -0.05) is 37.8 Å². The maximum atomic E-state index is 13.8. The summed E-state index contributed by atoms with van der Waals surface area (Å²) in [6.45, 7) is 1.40. The molecule has 152 valence electrons. The van der Waals surface area contributed by atoms with E-state index in [1.807, 2.05) is 0 Å². The Balaban J connectivity index is 1.62. The molecule has 0 saturated heterocycles. The minimum Gasteiger partial charge on any atom is -0.308 e. The van der Waals surface area contributed by atoms with Crippen LogP contribution in [0.1, 0.15) is 57.1 Å². The average Bonchev–Trinajstić information content (AvgIpc) is 2.94. The number of rotatable bonds is 6. The Kier molecular flexibility index (Phi) is 6.46. The highest BCUT2D eigenvalue weighted by molar-refractivity contribution is 7.89. The molecule has 2 aromatic rings. The first-order chi connectivity index (χ1) is 13.4. The summed E-state index contributed by atoms with van der Waals surface area (Å²) in [5.74, 6) is -0.694. The molecule has 1 aliphatic rings. The SMILES string of the molecule is C[C@H](NS(=O)(=O)c1ccccc1F)C(=O)Nc1cc(C2CCCCCC2)[nH]n1. The Morgan fingerprint density at radius 3 is 2.57 bits per heavy atom. The number of nitrogens with zero attached hydrogens (tertiary/aromatic N) is 1. The first-order valence-corrected chi connectivity index (χ1v) is 11.0. The van der Waals surface area contributed by atoms with Gasteiger partial charge >= 0.3 is 0 Å². The Morgan fingerprint density at radius 2 is 1.89 bits per heavy atom. The molecule has 1 fully saturated rings. The number of aromatic amines is 1. The largest absolute Gasteiger partial charge is 0.308 e. The lowest BCUT2D eigenvalue weighted by molar-refractivity contribution is -0.117. The second kappa shape index (κ2) is 8.83. The second-order valence-corrected chi connectivity index (χ2v) is 8.84. The summed E-state index contributed by atoms with van der Waals surface area (Å²) in [6.07, 6.45) is 7.03. The van der Waals surface area contributed by atoms with Gasteiger partial charge in [-0.3, -0.25) is 9.89 Å². The molecule has 0 bridgehead atoms. The number of nitrogens with one attached hydrogen (secondary N) is 3. The van der Waals surface area contributed by atoms with Crippen molar-refractivity contribution in [3.8, 4) is 0 Å². The van der Waals surface area contributed by atoms with Crippen molar-refractivity contribution in [3.05, 3.63) is 41.8 Å². The lowest BCUT2D eigenvalue weighted by Crippen LogP contribution is -2.41. The molecule has 0 unspecified atom stereocenters. The van der Waals surface area contributed by atoms with Gasteiger partial charge in [-0.2, -0.15) is 9.82 Å². The standard InChI is InChI=1S/C19H25FN4O3S/c1-13(24-28(26,27)17-11-7-6-10-15(17)20)19(25)21-18-12-16(22-23-18)14-8-4-2-3-5-9-14/h6-7,10-14,24H,2-5,8-9H2,1H3,(H2,21,22,23,25)/t13-/m0/s1. The van der Waals surface area contributed by atoms with Crippen LogP contribution in [0.4, 0.5) is 10.2 Å². The van der Waals surface area contributed by atoms with E-state index >= 15 is 0 Å². The van der Waals surface area contributed by atoms with Crippen molar-refractivity contribution in [1.29, 1.82) is 0 Å². The van der Waals surface area contributed by atoms with Gasteiger partial charge in [0.1, 0.15) is 10.7 Å². The van der Waals surface area contributed by atoms with Crippen molar-refractivity contribution in [1.82, 2.24) is 14.9 Å². The summed E-state index contributed by atoms with van der Waals surface area (Å²) < 4.78 is 40.6. The number of carbonyl (C=O) groups is 1. The smallest absolute Gasteiger partial charge is 0.244 e. The van der Waals surface area contributed by atoms with E-state index in [9.17, 15) is 17.6 Å². The van der Waals surface area contributed by atoms with Crippen LogP contribution in [0.5, 0.6) is 0 Å². The van der Waals surface area contributed by atoms with Gasteiger partial charge in [-0.15, -0.1) is 0 Å². The molecule has 0 aliphatic heterocycles. The number of H-pyrrole nitrogens is 1. The van der Waals surface area contributed by atoms with Crippen molar-refractivity contribution < 1.29 is 17.6 Å². The van der Waals surface area contributed by atoms with E-state index in [2.05, 4.69) is 20.2 Å². The van der Waals surface area contributed by atoms with Gasteiger partial charge in [-0.05, 0) is 31.9 Å². The number of aromatic nitrogens is 2. The summed E-state index contributed by atoms with van der Waals surface area (Å²) >= 11 is 0. The molecule has 28 heavy (non-hydrogen) atoms. The van der Waals surface area contributed by atoms with Crippen LogP contribution in [0.2, 0.25) is 0 Å². The molecule has 0 spiro atoms. The van der Waals surface area contributed by atoms with E-state index < -0.39 is 32.7 Å². The van der Waals surface area contributed by atoms with Crippen molar-refractivity contribution in [2.45, 2.75) is 62.3 Å². The molecular formula is C19H25FN4O3S. The van der Waals surface area contributed by atoms with Crippen LogP contribution in [-0.4, -0.2) is 30.6 Å². The number of sulfonamides is 1. The Bertz CT molecular complexity index is 921. The van der Waals surface area contributed by atoms with Crippen LogP contribution in [0.25, 0.3) is 0 Å². The van der Waals surface area contributed by atoms with Crippen LogP contribution in [0.15, 0.2) is 35.2 Å². The Morgan fingerprint density at radius 1 is 1.21 bits per heavy atom. The highest BCUT2D eigenvalue weighted by Crippen LogP contribution is 2.31. The zero-order chi connectivity index (χ0) is 20.1. The summed E-state index contributed by atoms with van der Waals surface area (Å²) in [4.78, 5) is 11.9. The molecule has 1 heterocycles. The fourth-order valence-corrected chi connectivity index (χ4v) is 4.73. The lowest BCUT2D eigenvalue weighted by Gasteiger charge is -2.14. The average molecular weight is 408 g/mol. The van der Waals surface area contributed by atoms with Crippen molar-refractivity contribution >= 4 is 21.7 Å². The number of anilines is 1. The van der Waals surface area contributed by atoms with Gasteiger partial charge in [0.15, 0.2) is 5.82 Å². The summed E-state index contributed by atoms with van der Waals surface area (Å²) in [7, 11) is -4.16. The number of hydrogen-bond donors (Lipinski definition) is 3.